The Morgan fingerprint density at radius 1 is 1.12 bits per heavy atom. The van der Waals surface area contributed by atoms with Crippen LogP contribution in [0.4, 0.5) is 0 Å². The van der Waals surface area contributed by atoms with Crippen LogP contribution in [-0.4, -0.2) is 48.2 Å². The molecule has 0 amide bonds. The van der Waals surface area contributed by atoms with Gasteiger partial charge in [0.2, 0.25) is 0 Å². The molecule has 0 saturated carbocycles. The summed E-state index contributed by atoms with van der Waals surface area (Å²) < 4.78 is 10.4. The van der Waals surface area contributed by atoms with Crippen LogP contribution in [0.15, 0.2) is 0 Å². The van der Waals surface area contributed by atoms with Gasteiger partial charge in [-0.2, -0.15) is 11.8 Å². The zero-order valence-corrected chi connectivity index (χ0v) is 17.7. The molecule has 6 nitrogen and oxygen atoms in total. The summed E-state index contributed by atoms with van der Waals surface area (Å²) in [6.07, 6.45) is 3.79. The predicted molar refractivity (Wildman–Crippen MR) is 103 cm³/mol. The number of thioether (sulfide) groups is 1. The van der Waals surface area contributed by atoms with Crippen molar-refractivity contribution in [1.29, 1.82) is 0 Å². The van der Waals surface area contributed by atoms with Crippen molar-refractivity contribution >= 4 is 29.7 Å². The van der Waals surface area contributed by atoms with E-state index in [0.29, 0.717) is 19.0 Å². The first-order chi connectivity index (χ1) is 12.0. The van der Waals surface area contributed by atoms with Crippen LogP contribution in [0.5, 0.6) is 0 Å². The largest absolute Gasteiger partial charge is 0.481 e. The normalized spacial score (nSPS) is 15.0. The van der Waals surface area contributed by atoms with Crippen molar-refractivity contribution in [2.24, 2.45) is 16.7 Å². The maximum absolute atomic E-state index is 12.3. The number of rotatable bonds is 13. The van der Waals surface area contributed by atoms with Crippen molar-refractivity contribution in [3.05, 3.63) is 0 Å². The number of hydrogen-bond donors (Lipinski definition) is 1. The molecule has 26 heavy (non-hydrogen) atoms. The van der Waals surface area contributed by atoms with E-state index in [1.165, 1.54) is 0 Å². The van der Waals surface area contributed by atoms with E-state index in [1.54, 1.807) is 39.5 Å². The van der Waals surface area contributed by atoms with Crippen molar-refractivity contribution in [2.75, 3.05) is 25.2 Å². The van der Waals surface area contributed by atoms with Gasteiger partial charge >= 0.3 is 17.9 Å². The van der Waals surface area contributed by atoms with E-state index in [1.807, 2.05) is 13.2 Å². The summed E-state index contributed by atoms with van der Waals surface area (Å²) in [5.41, 5.74) is -2.19. The van der Waals surface area contributed by atoms with Crippen LogP contribution in [0.1, 0.15) is 60.3 Å². The Balaban J connectivity index is 4.98. The van der Waals surface area contributed by atoms with Gasteiger partial charge in [0.1, 0.15) is 6.61 Å². The van der Waals surface area contributed by atoms with Crippen molar-refractivity contribution in [3.8, 4) is 0 Å². The van der Waals surface area contributed by atoms with Crippen LogP contribution in [0.3, 0.4) is 0 Å². The molecule has 0 aromatic rings. The third-order valence-corrected chi connectivity index (χ3v) is 4.90. The van der Waals surface area contributed by atoms with Gasteiger partial charge in [-0.3, -0.25) is 14.4 Å². The number of unbranched alkanes of at least 4 members (excludes halogenated alkanes) is 1. The number of carboxylic acids is 1. The summed E-state index contributed by atoms with van der Waals surface area (Å²) in [6.45, 7) is 9.25. The predicted octanol–water partition coefficient (Wildman–Crippen LogP) is 3.77. The summed E-state index contributed by atoms with van der Waals surface area (Å²) >= 11 is 1.57. The van der Waals surface area contributed by atoms with E-state index in [2.05, 4.69) is 0 Å². The summed E-state index contributed by atoms with van der Waals surface area (Å²) in [6, 6.07) is 0. The zero-order valence-electron chi connectivity index (χ0n) is 16.9. The van der Waals surface area contributed by atoms with Gasteiger partial charge in [0, 0.05) is 5.75 Å². The standard InChI is InChI=1S/C19H34O6S/c1-7-8-9-25-17(23)18(3,4)13-19(5,16(21)22)12-14(2)15(20)24-10-11-26-6/h14H,7-13H2,1-6H3,(H,21,22). The second-order valence-electron chi connectivity index (χ2n) is 7.68. The van der Waals surface area contributed by atoms with Gasteiger partial charge in [0.05, 0.1) is 23.4 Å². The topological polar surface area (TPSA) is 89.9 Å². The minimum Gasteiger partial charge on any atom is -0.481 e. The maximum Gasteiger partial charge on any atom is 0.311 e. The Morgan fingerprint density at radius 3 is 2.23 bits per heavy atom. The highest BCUT2D eigenvalue weighted by molar-refractivity contribution is 7.98. The molecule has 7 heteroatoms. The number of carbonyl (C=O) groups excluding carboxylic acids is 2. The summed E-state index contributed by atoms with van der Waals surface area (Å²) in [4.78, 5) is 36.3. The Morgan fingerprint density at radius 2 is 1.73 bits per heavy atom. The number of carboxylic acid groups (broad SMARTS) is 1. The van der Waals surface area contributed by atoms with Gasteiger partial charge in [-0.1, -0.05) is 20.3 Å². The fourth-order valence-corrected chi connectivity index (χ4v) is 3.16. The zero-order chi connectivity index (χ0) is 20.4. The van der Waals surface area contributed by atoms with E-state index in [9.17, 15) is 19.5 Å². The molecule has 0 aromatic carbocycles. The lowest BCUT2D eigenvalue weighted by molar-refractivity contribution is -0.161. The maximum atomic E-state index is 12.3. The van der Waals surface area contributed by atoms with Gasteiger partial charge in [0.15, 0.2) is 0 Å². The Hall–Kier alpha value is -1.24. The third-order valence-electron chi connectivity index (χ3n) is 4.32. The molecule has 0 aliphatic rings. The Labute approximate surface area is 161 Å². The van der Waals surface area contributed by atoms with Crippen molar-refractivity contribution in [1.82, 2.24) is 0 Å². The molecule has 0 heterocycles. The van der Waals surface area contributed by atoms with Crippen LogP contribution in [0.25, 0.3) is 0 Å². The smallest absolute Gasteiger partial charge is 0.311 e. The quantitative estimate of drug-likeness (QED) is 0.378. The SMILES string of the molecule is CCCCOC(=O)C(C)(C)CC(C)(CC(C)C(=O)OCCSC)C(=O)O. The highest BCUT2D eigenvalue weighted by atomic mass is 32.2. The minimum absolute atomic E-state index is 0.0860. The van der Waals surface area contributed by atoms with Crippen LogP contribution in [0, 0.1) is 16.7 Å². The molecule has 2 atom stereocenters. The first kappa shape index (κ1) is 24.8. The number of aliphatic carboxylic acids is 1. The second kappa shape index (κ2) is 11.5. The summed E-state index contributed by atoms with van der Waals surface area (Å²) in [5, 5.41) is 9.73. The lowest BCUT2D eigenvalue weighted by atomic mass is 9.70. The average Bonchev–Trinajstić information content (AvgIpc) is 2.54. The van der Waals surface area contributed by atoms with Crippen LogP contribution in [-0.2, 0) is 23.9 Å². The molecule has 0 fully saturated rings. The van der Waals surface area contributed by atoms with Gasteiger partial charge in [-0.25, -0.2) is 0 Å². The van der Waals surface area contributed by atoms with Gasteiger partial charge in [0.25, 0.3) is 0 Å². The van der Waals surface area contributed by atoms with E-state index in [-0.39, 0.29) is 12.8 Å². The Bertz CT molecular complexity index is 477. The van der Waals surface area contributed by atoms with Crippen LogP contribution in [0.2, 0.25) is 0 Å². The molecular weight excluding hydrogens is 356 g/mol. The molecule has 0 bridgehead atoms. The van der Waals surface area contributed by atoms with Gasteiger partial charge in [-0.05, 0) is 46.3 Å². The molecule has 2 unspecified atom stereocenters. The molecule has 0 rings (SSSR count). The van der Waals surface area contributed by atoms with Crippen molar-refractivity contribution in [3.63, 3.8) is 0 Å². The first-order valence-electron chi connectivity index (χ1n) is 9.06. The number of ether oxygens (including phenoxy) is 2. The molecule has 152 valence electrons. The summed E-state index contributed by atoms with van der Waals surface area (Å²) in [7, 11) is 0. The van der Waals surface area contributed by atoms with Crippen LogP contribution >= 0.6 is 11.8 Å². The third kappa shape index (κ3) is 8.43. The van der Waals surface area contributed by atoms with Crippen LogP contribution < -0.4 is 0 Å². The highest BCUT2D eigenvalue weighted by Gasteiger charge is 2.44. The number of hydrogen-bond acceptors (Lipinski definition) is 6. The van der Waals surface area contributed by atoms with Crippen molar-refractivity contribution in [2.45, 2.75) is 60.3 Å². The van der Waals surface area contributed by atoms with Gasteiger partial charge in [-0.15, -0.1) is 0 Å². The van der Waals surface area contributed by atoms with E-state index in [4.69, 9.17) is 9.47 Å². The Kier molecular flexibility index (Phi) is 10.9. The van der Waals surface area contributed by atoms with E-state index in [0.717, 1.165) is 12.8 Å². The average molecular weight is 391 g/mol. The molecular formula is C19H34O6S. The molecule has 0 saturated heterocycles. The van der Waals surface area contributed by atoms with Gasteiger partial charge < -0.3 is 14.6 Å². The minimum atomic E-state index is -1.23. The fourth-order valence-electron chi connectivity index (χ4n) is 2.91. The fraction of sp³-hybridized carbons (Fsp3) is 0.842. The first-order valence-corrected chi connectivity index (χ1v) is 10.5. The lowest BCUT2D eigenvalue weighted by Gasteiger charge is -2.34. The molecule has 0 radical (unpaired) electrons. The molecule has 0 aliphatic heterocycles. The summed E-state index contributed by atoms with van der Waals surface area (Å²) in [5.74, 6) is -1.71. The molecule has 0 spiro atoms. The lowest BCUT2D eigenvalue weighted by Crippen LogP contribution is -2.40. The molecule has 0 aromatic heterocycles. The van der Waals surface area contributed by atoms with Crippen molar-refractivity contribution < 1.29 is 29.0 Å². The van der Waals surface area contributed by atoms with E-state index < -0.39 is 34.7 Å². The number of carbonyl (C=O) groups is 3. The highest BCUT2D eigenvalue weighted by Crippen LogP contribution is 2.40. The molecule has 1 N–H and O–H groups in total. The van der Waals surface area contributed by atoms with E-state index >= 15 is 0 Å². The molecule has 0 aliphatic carbocycles. The number of esters is 2. The monoisotopic (exact) mass is 390 g/mol. The second-order valence-corrected chi connectivity index (χ2v) is 8.67.